The standard InChI is InChI=1S/C11H8N4O2/c16-11(17)8-4-3-7-13-10(8)15-14-9-5-1-2-6-12-9/h1-7H,(H,16,17)/b15-14+. The first-order valence-electron chi connectivity index (χ1n) is 4.78. The number of nitrogens with zero attached hydrogens (tertiary/aromatic N) is 4. The molecule has 0 radical (unpaired) electrons. The number of carboxylic acid groups (broad SMARTS) is 1. The third-order valence-electron chi connectivity index (χ3n) is 1.91. The summed E-state index contributed by atoms with van der Waals surface area (Å²) in [4.78, 5) is 18.7. The summed E-state index contributed by atoms with van der Waals surface area (Å²) in [6.07, 6.45) is 3.03. The van der Waals surface area contributed by atoms with Gasteiger partial charge in [-0.05, 0) is 24.3 Å². The maximum atomic E-state index is 10.9. The molecule has 0 aliphatic rings. The normalized spacial score (nSPS) is 10.6. The zero-order valence-corrected chi connectivity index (χ0v) is 8.69. The van der Waals surface area contributed by atoms with E-state index in [4.69, 9.17) is 5.11 Å². The van der Waals surface area contributed by atoms with E-state index in [2.05, 4.69) is 20.2 Å². The fourth-order valence-electron chi connectivity index (χ4n) is 1.16. The SMILES string of the molecule is O=C(O)c1cccnc1/N=N/c1ccccn1. The van der Waals surface area contributed by atoms with Crippen LogP contribution in [0.15, 0.2) is 53.0 Å². The van der Waals surface area contributed by atoms with Crippen LogP contribution in [0.25, 0.3) is 0 Å². The molecule has 0 fully saturated rings. The minimum Gasteiger partial charge on any atom is -0.478 e. The molecule has 0 aromatic carbocycles. The van der Waals surface area contributed by atoms with E-state index in [1.807, 2.05) is 0 Å². The summed E-state index contributed by atoms with van der Waals surface area (Å²) >= 11 is 0. The minimum absolute atomic E-state index is 0.00665. The second-order valence-electron chi connectivity index (χ2n) is 3.07. The molecule has 6 nitrogen and oxygen atoms in total. The molecule has 0 spiro atoms. The van der Waals surface area contributed by atoms with Gasteiger partial charge in [-0.25, -0.2) is 14.8 Å². The van der Waals surface area contributed by atoms with Crippen LogP contribution in [0.1, 0.15) is 10.4 Å². The molecule has 0 aliphatic heterocycles. The summed E-state index contributed by atoms with van der Waals surface area (Å²) in [6, 6.07) is 8.12. The molecule has 6 heteroatoms. The predicted molar refractivity (Wildman–Crippen MR) is 59.6 cm³/mol. The molecule has 0 bridgehead atoms. The van der Waals surface area contributed by atoms with Crippen LogP contribution in [0.2, 0.25) is 0 Å². The van der Waals surface area contributed by atoms with Crippen molar-refractivity contribution in [2.45, 2.75) is 0 Å². The molecule has 0 saturated heterocycles. The first kappa shape index (κ1) is 10.9. The molecule has 1 N–H and O–H groups in total. The molecular weight excluding hydrogens is 220 g/mol. The van der Waals surface area contributed by atoms with E-state index in [1.54, 1.807) is 24.4 Å². The molecule has 0 unspecified atom stereocenters. The lowest BCUT2D eigenvalue weighted by Gasteiger charge is -1.96. The van der Waals surface area contributed by atoms with Gasteiger partial charge in [-0.15, -0.1) is 10.2 Å². The molecule has 0 amide bonds. The van der Waals surface area contributed by atoms with Crippen molar-refractivity contribution in [2.24, 2.45) is 10.2 Å². The number of carboxylic acids is 1. The highest BCUT2D eigenvalue weighted by Gasteiger charge is 2.09. The van der Waals surface area contributed by atoms with Crippen LogP contribution in [0.4, 0.5) is 11.6 Å². The number of aromatic carboxylic acids is 1. The van der Waals surface area contributed by atoms with E-state index >= 15 is 0 Å². The van der Waals surface area contributed by atoms with Crippen LogP contribution < -0.4 is 0 Å². The maximum absolute atomic E-state index is 10.9. The predicted octanol–water partition coefficient (Wildman–Crippen LogP) is 2.59. The zero-order valence-electron chi connectivity index (χ0n) is 8.69. The highest BCUT2D eigenvalue weighted by molar-refractivity contribution is 5.92. The van der Waals surface area contributed by atoms with Crippen molar-refractivity contribution < 1.29 is 9.90 Å². The quantitative estimate of drug-likeness (QED) is 0.817. The fourth-order valence-corrected chi connectivity index (χ4v) is 1.16. The first-order chi connectivity index (χ1) is 8.27. The van der Waals surface area contributed by atoms with Crippen LogP contribution in [0.3, 0.4) is 0 Å². The number of carbonyl (C=O) groups is 1. The molecule has 2 heterocycles. The van der Waals surface area contributed by atoms with Gasteiger partial charge in [-0.2, -0.15) is 0 Å². The summed E-state index contributed by atoms with van der Waals surface area (Å²) in [7, 11) is 0. The Bertz CT molecular complexity index is 554. The summed E-state index contributed by atoms with van der Waals surface area (Å²) in [6.45, 7) is 0. The van der Waals surface area contributed by atoms with Crippen LogP contribution in [0, 0.1) is 0 Å². The second kappa shape index (κ2) is 4.93. The number of hydrogen-bond acceptors (Lipinski definition) is 5. The molecule has 2 aromatic heterocycles. The first-order valence-corrected chi connectivity index (χ1v) is 4.78. The van der Waals surface area contributed by atoms with E-state index in [1.165, 1.54) is 18.3 Å². The van der Waals surface area contributed by atoms with Crippen molar-refractivity contribution in [1.29, 1.82) is 0 Å². The molecule has 0 aliphatic carbocycles. The van der Waals surface area contributed by atoms with Crippen molar-refractivity contribution >= 4 is 17.6 Å². The number of pyridine rings is 2. The lowest BCUT2D eigenvalue weighted by Crippen LogP contribution is -1.97. The summed E-state index contributed by atoms with van der Waals surface area (Å²) in [5.74, 6) is -0.631. The van der Waals surface area contributed by atoms with Crippen LogP contribution in [-0.2, 0) is 0 Å². The van der Waals surface area contributed by atoms with Gasteiger partial charge in [0.05, 0.1) is 0 Å². The molecule has 0 atom stereocenters. The molecule has 17 heavy (non-hydrogen) atoms. The van der Waals surface area contributed by atoms with E-state index < -0.39 is 5.97 Å². The highest BCUT2D eigenvalue weighted by atomic mass is 16.4. The van der Waals surface area contributed by atoms with Crippen molar-refractivity contribution in [2.75, 3.05) is 0 Å². The lowest BCUT2D eigenvalue weighted by atomic mass is 10.2. The van der Waals surface area contributed by atoms with Gasteiger partial charge in [-0.3, -0.25) is 0 Å². The van der Waals surface area contributed by atoms with Crippen molar-refractivity contribution in [3.05, 3.63) is 48.3 Å². The Balaban J connectivity index is 2.30. The smallest absolute Gasteiger partial charge is 0.339 e. The fraction of sp³-hybridized carbons (Fsp3) is 0. The molecular formula is C11H8N4O2. The van der Waals surface area contributed by atoms with E-state index in [-0.39, 0.29) is 11.4 Å². The number of azo groups is 1. The average Bonchev–Trinajstić information content (AvgIpc) is 2.38. The van der Waals surface area contributed by atoms with Gasteiger partial charge in [-0.1, -0.05) is 6.07 Å². The van der Waals surface area contributed by atoms with E-state index in [0.717, 1.165) is 0 Å². The number of hydrogen-bond donors (Lipinski definition) is 1. The van der Waals surface area contributed by atoms with Gasteiger partial charge < -0.3 is 5.11 Å². The Morgan fingerprint density at radius 1 is 1.06 bits per heavy atom. The van der Waals surface area contributed by atoms with Crippen LogP contribution in [0.5, 0.6) is 0 Å². The Morgan fingerprint density at radius 3 is 2.59 bits per heavy atom. The van der Waals surface area contributed by atoms with Crippen molar-refractivity contribution in [3.8, 4) is 0 Å². The van der Waals surface area contributed by atoms with Crippen molar-refractivity contribution in [3.63, 3.8) is 0 Å². The van der Waals surface area contributed by atoms with Gasteiger partial charge in [0, 0.05) is 12.4 Å². The topological polar surface area (TPSA) is 87.8 Å². The monoisotopic (exact) mass is 228 g/mol. The van der Waals surface area contributed by atoms with Gasteiger partial charge in [0.15, 0.2) is 11.6 Å². The summed E-state index contributed by atoms with van der Waals surface area (Å²) < 4.78 is 0. The van der Waals surface area contributed by atoms with Gasteiger partial charge in [0.1, 0.15) is 5.56 Å². The van der Waals surface area contributed by atoms with E-state index in [0.29, 0.717) is 5.82 Å². The average molecular weight is 228 g/mol. The van der Waals surface area contributed by atoms with Gasteiger partial charge in [0.2, 0.25) is 0 Å². The van der Waals surface area contributed by atoms with Crippen LogP contribution in [-0.4, -0.2) is 21.0 Å². The summed E-state index contributed by atoms with van der Waals surface area (Å²) in [5, 5.41) is 16.5. The summed E-state index contributed by atoms with van der Waals surface area (Å²) in [5.41, 5.74) is 0.00665. The molecule has 0 saturated carbocycles. The maximum Gasteiger partial charge on any atom is 0.339 e. The van der Waals surface area contributed by atoms with Gasteiger partial charge in [0.25, 0.3) is 0 Å². The minimum atomic E-state index is -1.09. The molecule has 84 valence electrons. The molecule has 2 rings (SSSR count). The number of aromatic nitrogens is 2. The van der Waals surface area contributed by atoms with Gasteiger partial charge >= 0.3 is 5.97 Å². The van der Waals surface area contributed by atoms with Crippen LogP contribution >= 0.6 is 0 Å². The third kappa shape index (κ3) is 2.69. The Kier molecular flexibility index (Phi) is 3.15. The highest BCUT2D eigenvalue weighted by Crippen LogP contribution is 2.17. The van der Waals surface area contributed by atoms with Crippen molar-refractivity contribution in [1.82, 2.24) is 9.97 Å². The third-order valence-corrected chi connectivity index (χ3v) is 1.91. The molecule has 2 aromatic rings. The lowest BCUT2D eigenvalue weighted by molar-refractivity contribution is 0.0697. The van der Waals surface area contributed by atoms with E-state index in [9.17, 15) is 4.79 Å². The Labute approximate surface area is 96.7 Å². The largest absolute Gasteiger partial charge is 0.478 e. The number of rotatable bonds is 3. The zero-order chi connectivity index (χ0) is 12.1. The second-order valence-corrected chi connectivity index (χ2v) is 3.07. The Morgan fingerprint density at radius 2 is 1.88 bits per heavy atom. The Hall–Kier alpha value is -2.63.